The van der Waals surface area contributed by atoms with Crippen LogP contribution < -0.4 is 0 Å². The lowest BCUT2D eigenvalue weighted by molar-refractivity contribution is -0.145. The third-order valence-corrected chi connectivity index (χ3v) is 2.70. The summed E-state index contributed by atoms with van der Waals surface area (Å²) >= 11 is 0. The van der Waals surface area contributed by atoms with Gasteiger partial charge >= 0.3 is 5.97 Å². The summed E-state index contributed by atoms with van der Waals surface area (Å²) in [6, 6.07) is 0. The maximum Gasteiger partial charge on any atom is 0.306 e. The maximum atomic E-state index is 10.8. The largest absolute Gasteiger partial charge is 0.460 e. The van der Waals surface area contributed by atoms with Gasteiger partial charge in [-0.25, -0.2) is 0 Å². The highest BCUT2D eigenvalue weighted by Crippen LogP contribution is 2.20. The van der Waals surface area contributed by atoms with Gasteiger partial charge in [0.05, 0.1) is 6.10 Å². The van der Waals surface area contributed by atoms with Crippen molar-refractivity contribution in [2.45, 2.75) is 64.1 Å². The van der Waals surface area contributed by atoms with E-state index in [0.29, 0.717) is 12.8 Å². The summed E-state index contributed by atoms with van der Waals surface area (Å²) in [4.78, 5) is 10.8. The highest BCUT2D eigenvalue weighted by atomic mass is 16.6. The van der Waals surface area contributed by atoms with Crippen LogP contribution in [-0.4, -0.2) is 23.3 Å². The second-order valence-corrected chi connectivity index (χ2v) is 3.98. The summed E-state index contributed by atoms with van der Waals surface area (Å²) in [5, 5.41) is 9.69. The van der Waals surface area contributed by atoms with E-state index in [1.165, 1.54) is 12.8 Å². The van der Waals surface area contributed by atoms with Crippen molar-refractivity contribution >= 4 is 5.97 Å². The van der Waals surface area contributed by atoms with Gasteiger partial charge in [0.2, 0.25) is 0 Å². The van der Waals surface area contributed by atoms with Crippen LogP contribution in [0.4, 0.5) is 0 Å². The van der Waals surface area contributed by atoms with E-state index in [4.69, 9.17) is 4.74 Å². The Bertz CT molecular complexity index is 179. The van der Waals surface area contributed by atoms with Gasteiger partial charge in [0.15, 0.2) is 0 Å². The topological polar surface area (TPSA) is 46.5 Å². The summed E-state index contributed by atoms with van der Waals surface area (Å²) in [6.45, 7) is 2.16. The number of carbonyl (C=O) groups excluding carboxylic acids is 1. The van der Waals surface area contributed by atoms with Crippen LogP contribution in [-0.2, 0) is 9.53 Å². The Labute approximate surface area is 85.5 Å². The number of ether oxygens (including phenoxy) is 1. The van der Waals surface area contributed by atoms with E-state index in [1.54, 1.807) is 0 Å². The number of hydrogen-bond acceptors (Lipinski definition) is 3. The fourth-order valence-corrected chi connectivity index (χ4v) is 1.78. The minimum atomic E-state index is -0.446. The van der Waals surface area contributed by atoms with Crippen molar-refractivity contribution in [3.8, 4) is 0 Å². The van der Waals surface area contributed by atoms with E-state index >= 15 is 0 Å². The van der Waals surface area contributed by atoms with Crippen LogP contribution in [0.25, 0.3) is 0 Å². The number of carbonyl (C=O) groups is 1. The normalized spacial score (nSPS) is 23.6. The Morgan fingerprint density at radius 1 is 1.50 bits per heavy atom. The number of aliphatic hydroxyl groups excluding tert-OH is 1. The molecule has 0 bridgehead atoms. The smallest absolute Gasteiger partial charge is 0.306 e. The fraction of sp³-hybridized carbons (Fsp3) is 0.909. The summed E-state index contributed by atoms with van der Waals surface area (Å²) in [6.07, 6.45) is 5.85. The summed E-state index contributed by atoms with van der Waals surface area (Å²) < 4.78 is 4.99. The van der Waals surface area contributed by atoms with Crippen molar-refractivity contribution in [3.63, 3.8) is 0 Å². The van der Waals surface area contributed by atoms with E-state index in [0.717, 1.165) is 19.3 Å². The van der Waals surface area contributed by atoms with Gasteiger partial charge in [0.25, 0.3) is 0 Å². The lowest BCUT2D eigenvalue weighted by atomic mass is 10.0. The predicted octanol–water partition coefficient (Wildman–Crippen LogP) is 2.02. The molecule has 1 aliphatic rings. The van der Waals surface area contributed by atoms with E-state index in [2.05, 4.69) is 6.92 Å². The summed E-state index contributed by atoms with van der Waals surface area (Å²) in [5.41, 5.74) is 0. The van der Waals surface area contributed by atoms with E-state index in [1.807, 2.05) is 0 Å². The van der Waals surface area contributed by atoms with E-state index < -0.39 is 6.10 Å². The molecule has 0 aromatic rings. The third-order valence-electron chi connectivity index (χ3n) is 2.70. The lowest BCUT2D eigenvalue weighted by Gasteiger charge is -2.16. The molecule has 1 aliphatic heterocycles. The summed E-state index contributed by atoms with van der Waals surface area (Å²) in [7, 11) is 0. The van der Waals surface area contributed by atoms with Crippen LogP contribution in [0.3, 0.4) is 0 Å². The molecule has 0 saturated carbocycles. The molecule has 1 saturated heterocycles. The molecule has 0 aromatic heterocycles. The first kappa shape index (κ1) is 11.5. The molecule has 0 unspecified atom stereocenters. The molecule has 1 heterocycles. The molecule has 14 heavy (non-hydrogen) atoms. The van der Waals surface area contributed by atoms with Crippen LogP contribution in [0.2, 0.25) is 0 Å². The minimum absolute atomic E-state index is 0.164. The van der Waals surface area contributed by atoms with Crippen LogP contribution >= 0.6 is 0 Å². The molecule has 3 nitrogen and oxygen atoms in total. The van der Waals surface area contributed by atoms with Gasteiger partial charge in [-0.15, -0.1) is 0 Å². The molecule has 3 heteroatoms. The van der Waals surface area contributed by atoms with Crippen LogP contribution in [0.1, 0.15) is 51.9 Å². The molecular weight excluding hydrogens is 180 g/mol. The molecule has 1 N–H and O–H groups in total. The second kappa shape index (κ2) is 6.02. The Hall–Kier alpha value is -0.570. The molecule has 1 fully saturated rings. The zero-order valence-electron chi connectivity index (χ0n) is 8.87. The van der Waals surface area contributed by atoms with Crippen molar-refractivity contribution in [3.05, 3.63) is 0 Å². The number of hydrogen-bond donors (Lipinski definition) is 1. The maximum absolute atomic E-state index is 10.8. The Kier molecular flexibility index (Phi) is 4.94. The zero-order valence-corrected chi connectivity index (χ0v) is 8.87. The molecule has 82 valence electrons. The molecule has 0 aliphatic carbocycles. The highest BCUT2D eigenvalue weighted by molar-refractivity contribution is 5.71. The number of esters is 1. The number of rotatable bonds is 6. The van der Waals surface area contributed by atoms with Gasteiger partial charge < -0.3 is 9.84 Å². The Balaban J connectivity index is 2.09. The second-order valence-electron chi connectivity index (χ2n) is 3.98. The van der Waals surface area contributed by atoms with Crippen molar-refractivity contribution in [2.24, 2.45) is 0 Å². The minimum Gasteiger partial charge on any atom is -0.460 e. The van der Waals surface area contributed by atoms with Crippen molar-refractivity contribution in [1.82, 2.24) is 0 Å². The molecule has 0 aromatic carbocycles. The number of unbranched alkanes of at least 4 members (excludes halogenated alkanes) is 3. The third kappa shape index (κ3) is 3.66. The quantitative estimate of drug-likeness (QED) is 0.527. The molecule has 0 spiro atoms. The fourth-order valence-electron chi connectivity index (χ4n) is 1.78. The lowest BCUT2D eigenvalue weighted by Crippen LogP contribution is -2.25. The average Bonchev–Trinajstić information content (AvgIpc) is 2.59. The zero-order chi connectivity index (χ0) is 10.4. The number of aliphatic hydroxyl groups is 1. The molecule has 0 amide bonds. The van der Waals surface area contributed by atoms with Crippen LogP contribution in [0.15, 0.2) is 0 Å². The molecule has 1 rings (SSSR count). The van der Waals surface area contributed by atoms with Crippen molar-refractivity contribution in [1.29, 1.82) is 0 Å². The average molecular weight is 200 g/mol. The van der Waals surface area contributed by atoms with E-state index in [-0.39, 0.29) is 12.1 Å². The SMILES string of the molecule is CCCCCC[C@@H](O)[C@@H]1CCC(=O)O1. The Morgan fingerprint density at radius 3 is 2.86 bits per heavy atom. The molecule has 2 atom stereocenters. The first-order valence-electron chi connectivity index (χ1n) is 5.61. The van der Waals surface area contributed by atoms with Crippen molar-refractivity contribution in [2.75, 3.05) is 0 Å². The summed E-state index contributed by atoms with van der Waals surface area (Å²) in [5.74, 6) is -0.164. The standard InChI is InChI=1S/C11H20O3/c1-2-3-4-5-6-9(12)10-7-8-11(13)14-10/h9-10,12H,2-8H2,1H3/t9-,10+/m1/s1. The first-order chi connectivity index (χ1) is 6.74. The number of cyclic esters (lactones) is 1. The molecular formula is C11H20O3. The van der Waals surface area contributed by atoms with Crippen molar-refractivity contribution < 1.29 is 14.6 Å². The van der Waals surface area contributed by atoms with Gasteiger partial charge in [-0.05, 0) is 12.8 Å². The molecule has 0 radical (unpaired) electrons. The Morgan fingerprint density at radius 2 is 2.29 bits per heavy atom. The highest BCUT2D eigenvalue weighted by Gasteiger charge is 2.29. The van der Waals surface area contributed by atoms with Gasteiger partial charge in [0, 0.05) is 6.42 Å². The predicted molar refractivity (Wildman–Crippen MR) is 53.9 cm³/mol. The monoisotopic (exact) mass is 200 g/mol. The van der Waals surface area contributed by atoms with Gasteiger partial charge in [-0.1, -0.05) is 32.6 Å². The van der Waals surface area contributed by atoms with Gasteiger partial charge in [-0.3, -0.25) is 4.79 Å². The van der Waals surface area contributed by atoms with Crippen LogP contribution in [0.5, 0.6) is 0 Å². The van der Waals surface area contributed by atoms with Crippen LogP contribution in [0, 0.1) is 0 Å². The van der Waals surface area contributed by atoms with Gasteiger partial charge in [-0.2, -0.15) is 0 Å². The van der Waals surface area contributed by atoms with Gasteiger partial charge in [0.1, 0.15) is 6.10 Å². The van der Waals surface area contributed by atoms with E-state index in [9.17, 15) is 9.90 Å². The first-order valence-corrected chi connectivity index (χ1v) is 5.61.